The number of aromatic hydroxyl groups is 1. The standard InChI is InChI=1S/C16H11NO4/c18-13-9-8-10-4-1-2-5-11(10)12(13)6-3-7-14-15(19)17-16(20)21-14/h1-9,18H,(H,17,19,20). The van der Waals surface area contributed by atoms with E-state index >= 15 is 0 Å². The van der Waals surface area contributed by atoms with E-state index in [0.29, 0.717) is 5.56 Å². The molecule has 0 unspecified atom stereocenters. The average molecular weight is 281 g/mol. The number of phenols is 1. The molecule has 0 radical (unpaired) electrons. The number of ether oxygens (including phenoxy) is 1. The van der Waals surface area contributed by atoms with E-state index in [1.165, 1.54) is 6.08 Å². The van der Waals surface area contributed by atoms with E-state index in [0.717, 1.165) is 10.8 Å². The number of alkyl carbamates (subject to hydrolysis) is 1. The van der Waals surface area contributed by atoms with Gasteiger partial charge in [0.1, 0.15) is 5.75 Å². The largest absolute Gasteiger partial charge is 0.507 e. The van der Waals surface area contributed by atoms with Crippen LogP contribution in [-0.2, 0) is 9.53 Å². The van der Waals surface area contributed by atoms with Gasteiger partial charge >= 0.3 is 6.09 Å². The van der Waals surface area contributed by atoms with Gasteiger partial charge in [0.2, 0.25) is 0 Å². The van der Waals surface area contributed by atoms with Crippen molar-refractivity contribution < 1.29 is 19.4 Å². The van der Waals surface area contributed by atoms with Crippen LogP contribution in [0.4, 0.5) is 4.79 Å². The first-order valence-electron chi connectivity index (χ1n) is 6.27. The first-order chi connectivity index (χ1) is 10.1. The van der Waals surface area contributed by atoms with Gasteiger partial charge in [0.05, 0.1) is 0 Å². The van der Waals surface area contributed by atoms with Crippen LogP contribution in [0.25, 0.3) is 16.8 Å². The van der Waals surface area contributed by atoms with Crippen molar-refractivity contribution in [1.29, 1.82) is 0 Å². The molecule has 2 N–H and O–H groups in total. The van der Waals surface area contributed by atoms with Crippen LogP contribution in [0.3, 0.4) is 0 Å². The molecular weight excluding hydrogens is 270 g/mol. The zero-order chi connectivity index (χ0) is 14.8. The Morgan fingerprint density at radius 3 is 2.67 bits per heavy atom. The second kappa shape index (κ2) is 5.13. The molecule has 0 aliphatic carbocycles. The van der Waals surface area contributed by atoms with E-state index in [2.05, 4.69) is 4.74 Å². The highest BCUT2D eigenvalue weighted by Gasteiger charge is 2.25. The zero-order valence-electron chi connectivity index (χ0n) is 10.9. The van der Waals surface area contributed by atoms with Crippen molar-refractivity contribution in [3.8, 4) is 5.75 Å². The van der Waals surface area contributed by atoms with Crippen molar-refractivity contribution in [3.05, 3.63) is 59.9 Å². The predicted molar refractivity (Wildman–Crippen MR) is 77.4 cm³/mol. The van der Waals surface area contributed by atoms with Gasteiger partial charge in [-0.2, -0.15) is 0 Å². The molecule has 104 valence electrons. The summed E-state index contributed by atoms with van der Waals surface area (Å²) in [5.41, 5.74) is 0.634. The summed E-state index contributed by atoms with van der Waals surface area (Å²) in [7, 11) is 0. The van der Waals surface area contributed by atoms with Crippen LogP contribution in [-0.4, -0.2) is 17.1 Å². The lowest BCUT2D eigenvalue weighted by Gasteiger charge is -2.04. The van der Waals surface area contributed by atoms with Crippen molar-refractivity contribution in [1.82, 2.24) is 5.32 Å². The fourth-order valence-corrected chi connectivity index (χ4v) is 2.13. The molecule has 0 atom stereocenters. The van der Waals surface area contributed by atoms with Gasteiger partial charge in [0.15, 0.2) is 5.76 Å². The summed E-state index contributed by atoms with van der Waals surface area (Å²) in [6, 6.07) is 11.1. The lowest BCUT2D eigenvalue weighted by atomic mass is 10.0. The van der Waals surface area contributed by atoms with E-state index in [1.54, 1.807) is 18.2 Å². The summed E-state index contributed by atoms with van der Waals surface area (Å²) in [5.74, 6) is -0.515. The smallest absolute Gasteiger partial charge is 0.419 e. The molecule has 2 aromatic carbocycles. The van der Waals surface area contributed by atoms with Gasteiger partial charge in [-0.05, 0) is 22.9 Å². The maximum absolute atomic E-state index is 11.3. The maximum atomic E-state index is 11.3. The molecule has 1 saturated heterocycles. The number of carbonyl (C=O) groups excluding carboxylic acids is 2. The van der Waals surface area contributed by atoms with Crippen molar-refractivity contribution in [2.45, 2.75) is 0 Å². The molecule has 0 saturated carbocycles. The number of nitrogens with one attached hydrogen (secondary N) is 1. The Bertz CT molecular complexity index is 805. The second-order valence-electron chi connectivity index (χ2n) is 4.45. The Kier molecular flexibility index (Phi) is 3.16. The van der Waals surface area contributed by atoms with Gasteiger partial charge in [-0.25, -0.2) is 4.79 Å². The first-order valence-corrected chi connectivity index (χ1v) is 6.27. The molecule has 0 bridgehead atoms. The summed E-state index contributed by atoms with van der Waals surface area (Å²) in [6.45, 7) is 0. The molecule has 3 rings (SSSR count). The Hall–Kier alpha value is -3.08. The van der Waals surface area contributed by atoms with Crippen LogP contribution < -0.4 is 5.32 Å². The fraction of sp³-hybridized carbons (Fsp3) is 0. The highest BCUT2D eigenvalue weighted by Crippen LogP contribution is 2.28. The van der Waals surface area contributed by atoms with E-state index in [4.69, 9.17) is 0 Å². The number of benzene rings is 2. The second-order valence-corrected chi connectivity index (χ2v) is 4.45. The highest BCUT2D eigenvalue weighted by atomic mass is 16.6. The number of allylic oxidation sites excluding steroid dienone is 2. The fourth-order valence-electron chi connectivity index (χ4n) is 2.13. The van der Waals surface area contributed by atoms with Gasteiger partial charge in [0.25, 0.3) is 5.91 Å². The molecule has 0 spiro atoms. The molecule has 1 aliphatic rings. The number of amides is 2. The van der Waals surface area contributed by atoms with Gasteiger partial charge in [-0.3, -0.25) is 10.1 Å². The molecule has 1 aliphatic heterocycles. The van der Waals surface area contributed by atoms with Gasteiger partial charge < -0.3 is 9.84 Å². The number of hydrogen-bond donors (Lipinski definition) is 2. The van der Waals surface area contributed by atoms with Crippen LogP contribution in [0.15, 0.2) is 54.3 Å². The number of imide groups is 1. The third-order valence-electron chi connectivity index (χ3n) is 3.10. The number of cyclic esters (lactones) is 1. The van der Waals surface area contributed by atoms with Gasteiger partial charge in [-0.15, -0.1) is 0 Å². The van der Waals surface area contributed by atoms with Crippen LogP contribution in [0, 0.1) is 0 Å². The van der Waals surface area contributed by atoms with Crippen LogP contribution >= 0.6 is 0 Å². The van der Waals surface area contributed by atoms with Crippen molar-refractivity contribution in [2.24, 2.45) is 0 Å². The molecule has 1 fully saturated rings. The minimum Gasteiger partial charge on any atom is -0.507 e. The monoisotopic (exact) mass is 281 g/mol. The average Bonchev–Trinajstić information content (AvgIpc) is 2.79. The Morgan fingerprint density at radius 2 is 1.90 bits per heavy atom. The predicted octanol–water partition coefficient (Wildman–Crippen LogP) is 2.71. The van der Waals surface area contributed by atoms with E-state index in [-0.39, 0.29) is 11.5 Å². The summed E-state index contributed by atoms with van der Waals surface area (Å²) >= 11 is 0. The Balaban J connectivity index is 1.97. The third kappa shape index (κ3) is 2.49. The summed E-state index contributed by atoms with van der Waals surface area (Å²) in [4.78, 5) is 22.2. The highest BCUT2D eigenvalue weighted by molar-refractivity contribution is 6.07. The quantitative estimate of drug-likeness (QED) is 0.830. The normalized spacial score (nSPS) is 16.7. The maximum Gasteiger partial charge on any atom is 0.419 e. The topological polar surface area (TPSA) is 75.6 Å². The third-order valence-corrected chi connectivity index (χ3v) is 3.10. The van der Waals surface area contributed by atoms with E-state index in [1.807, 2.05) is 35.6 Å². The minimum absolute atomic E-state index is 0.0732. The summed E-state index contributed by atoms with van der Waals surface area (Å²) in [5, 5.41) is 13.8. The number of phenolic OH excluding ortho intramolecular Hbond substituents is 1. The molecule has 5 heteroatoms. The number of rotatable bonds is 2. The lowest BCUT2D eigenvalue weighted by molar-refractivity contribution is -0.116. The molecule has 0 aromatic heterocycles. The van der Waals surface area contributed by atoms with Crippen molar-refractivity contribution >= 4 is 28.8 Å². The van der Waals surface area contributed by atoms with Crippen LogP contribution in [0.1, 0.15) is 5.56 Å². The molecule has 2 aromatic rings. The molecule has 1 heterocycles. The minimum atomic E-state index is -0.785. The Morgan fingerprint density at radius 1 is 1.10 bits per heavy atom. The van der Waals surface area contributed by atoms with Crippen LogP contribution in [0.2, 0.25) is 0 Å². The molecule has 5 nitrogen and oxygen atoms in total. The number of fused-ring (bicyclic) bond motifs is 1. The first kappa shape index (κ1) is 12.9. The molecule has 21 heavy (non-hydrogen) atoms. The zero-order valence-corrected chi connectivity index (χ0v) is 10.9. The van der Waals surface area contributed by atoms with Gasteiger partial charge in [-0.1, -0.05) is 42.5 Å². The Labute approximate surface area is 120 Å². The summed E-state index contributed by atoms with van der Waals surface area (Å²) < 4.78 is 4.68. The molecular formula is C16H11NO4. The summed E-state index contributed by atoms with van der Waals surface area (Å²) in [6.07, 6.45) is 3.80. The van der Waals surface area contributed by atoms with Gasteiger partial charge in [0, 0.05) is 5.56 Å². The molecule has 2 amide bonds. The number of carbonyl (C=O) groups is 2. The van der Waals surface area contributed by atoms with E-state index < -0.39 is 12.0 Å². The van der Waals surface area contributed by atoms with Crippen molar-refractivity contribution in [3.63, 3.8) is 0 Å². The van der Waals surface area contributed by atoms with E-state index in [9.17, 15) is 14.7 Å². The van der Waals surface area contributed by atoms with Crippen LogP contribution in [0.5, 0.6) is 5.75 Å². The van der Waals surface area contributed by atoms with Crippen molar-refractivity contribution in [2.75, 3.05) is 0 Å². The number of hydrogen-bond acceptors (Lipinski definition) is 4. The lowest BCUT2D eigenvalue weighted by Crippen LogP contribution is -2.18. The SMILES string of the molecule is O=C1NC(=O)C(=CC=Cc2c(O)ccc3ccccc23)O1.